The first-order valence-electron chi connectivity index (χ1n) is 11.1. The van der Waals surface area contributed by atoms with Gasteiger partial charge in [0.1, 0.15) is 17.3 Å². The molecule has 2 fully saturated rings. The second-order valence-electron chi connectivity index (χ2n) is 10.3. The number of nitrogens with one attached hydrogen (secondary N) is 2. The Morgan fingerprint density at radius 1 is 1.12 bits per heavy atom. The van der Waals surface area contributed by atoms with Gasteiger partial charge >= 0.3 is 5.97 Å². The summed E-state index contributed by atoms with van der Waals surface area (Å²) in [7, 11) is 0. The molecule has 2 aromatic carbocycles. The first-order valence-corrected chi connectivity index (χ1v) is 11.8. The number of fused-ring (bicyclic) bond motifs is 3. The van der Waals surface area contributed by atoms with E-state index in [1.54, 1.807) is 24.3 Å². The summed E-state index contributed by atoms with van der Waals surface area (Å²) in [6.07, 6.45) is 2.76. The minimum atomic E-state index is -1.34. The van der Waals surface area contributed by atoms with E-state index in [1.807, 2.05) is 0 Å². The Kier molecular flexibility index (Phi) is 5.09. The molecule has 8 heteroatoms. The van der Waals surface area contributed by atoms with Gasteiger partial charge in [0.15, 0.2) is 0 Å². The lowest BCUT2D eigenvalue weighted by atomic mass is 9.53. The predicted molar refractivity (Wildman–Crippen MR) is 125 cm³/mol. The van der Waals surface area contributed by atoms with E-state index in [0.29, 0.717) is 29.1 Å². The maximum absolute atomic E-state index is 15.5. The molecule has 5 nitrogen and oxygen atoms in total. The van der Waals surface area contributed by atoms with Gasteiger partial charge in [0.25, 0.3) is 0 Å². The molecule has 3 N–H and O–H groups in total. The number of carbonyl (C=O) groups is 2. The quantitative estimate of drug-likeness (QED) is 0.519. The largest absolute Gasteiger partial charge is 0.480 e. The summed E-state index contributed by atoms with van der Waals surface area (Å²) in [6.45, 7) is 4.35. The van der Waals surface area contributed by atoms with Gasteiger partial charge in [-0.1, -0.05) is 55.2 Å². The Morgan fingerprint density at radius 3 is 2.48 bits per heavy atom. The number of aliphatic carboxylic acids is 1. The van der Waals surface area contributed by atoms with Gasteiger partial charge in [-0.15, -0.1) is 0 Å². The number of hydrogen-bond acceptors (Lipinski definition) is 3. The zero-order valence-electron chi connectivity index (χ0n) is 18.3. The molecule has 3 unspecified atom stereocenters. The molecule has 0 bridgehead atoms. The van der Waals surface area contributed by atoms with Crippen LogP contribution >= 0.6 is 23.2 Å². The third kappa shape index (κ3) is 3.07. The Morgan fingerprint density at radius 2 is 1.82 bits per heavy atom. The van der Waals surface area contributed by atoms with E-state index in [9.17, 15) is 14.7 Å². The number of halogens is 3. The minimum Gasteiger partial charge on any atom is -0.480 e. The van der Waals surface area contributed by atoms with Crippen LogP contribution in [-0.4, -0.2) is 28.6 Å². The number of carbonyl (C=O) groups excluding carboxylic acids is 1. The van der Waals surface area contributed by atoms with Gasteiger partial charge in [0, 0.05) is 22.2 Å². The number of amides is 1. The smallest absolute Gasteiger partial charge is 0.321 e. The van der Waals surface area contributed by atoms with Crippen LogP contribution in [-0.2, 0) is 15.0 Å². The van der Waals surface area contributed by atoms with Crippen LogP contribution in [0.4, 0.5) is 10.1 Å². The molecule has 2 heterocycles. The summed E-state index contributed by atoms with van der Waals surface area (Å²) in [5.74, 6) is -3.16. The molecule has 174 valence electrons. The fourth-order valence-electron chi connectivity index (χ4n) is 6.40. The maximum Gasteiger partial charge on any atom is 0.321 e. The van der Waals surface area contributed by atoms with Gasteiger partial charge in [0.05, 0.1) is 5.02 Å². The van der Waals surface area contributed by atoms with Gasteiger partial charge < -0.3 is 10.4 Å². The molecule has 1 saturated heterocycles. The van der Waals surface area contributed by atoms with Gasteiger partial charge in [-0.3, -0.25) is 14.9 Å². The molecule has 0 aromatic heterocycles. The number of anilines is 1. The number of benzene rings is 2. The van der Waals surface area contributed by atoms with Crippen LogP contribution in [0.15, 0.2) is 36.4 Å². The summed E-state index contributed by atoms with van der Waals surface area (Å²) >= 11 is 12.3. The number of carboxylic acid groups (broad SMARTS) is 1. The second kappa shape index (κ2) is 7.42. The first kappa shape index (κ1) is 22.6. The van der Waals surface area contributed by atoms with Crippen LogP contribution in [0.1, 0.15) is 56.6 Å². The summed E-state index contributed by atoms with van der Waals surface area (Å²) in [5.41, 5.74) is -0.827. The van der Waals surface area contributed by atoms with E-state index in [2.05, 4.69) is 24.5 Å². The first-order chi connectivity index (χ1) is 15.5. The van der Waals surface area contributed by atoms with Crippen molar-refractivity contribution >= 4 is 40.8 Å². The Balaban J connectivity index is 1.83. The van der Waals surface area contributed by atoms with Crippen molar-refractivity contribution in [3.8, 4) is 0 Å². The molecule has 1 saturated carbocycles. The van der Waals surface area contributed by atoms with Crippen molar-refractivity contribution in [3.63, 3.8) is 0 Å². The highest BCUT2D eigenvalue weighted by molar-refractivity contribution is 6.31. The SMILES string of the molecule is CC1(C)CCC2(CC1)NC(C(=O)O)C(c1cccc(Cl)c1F)C21C(=O)Nc2cc(Cl)ccc21. The van der Waals surface area contributed by atoms with Crippen LogP contribution < -0.4 is 10.6 Å². The van der Waals surface area contributed by atoms with Crippen molar-refractivity contribution in [3.05, 3.63) is 63.4 Å². The highest BCUT2D eigenvalue weighted by atomic mass is 35.5. The van der Waals surface area contributed by atoms with Crippen molar-refractivity contribution in [1.29, 1.82) is 0 Å². The molecular formula is C25H25Cl2FN2O3. The number of carboxylic acids is 1. The van der Waals surface area contributed by atoms with Crippen molar-refractivity contribution < 1.29 is 19.1 Å². The van der Waals surface area contributed by atoms with Gasteiger partial charge in [-0.05, 0) is 60.4 Å². The average molecular weight is 491 g/mol. The van der Waals surface area contributed by atoms with E-state index in [1.165, 1.54) is 12.1 Å². The van der Waals surface area contributed by atoms with Crippen LogP contribution in [0.2, 0.25) is 10.0 Å². The minimum absolute atomic E-state index is 0.0597. The van der Waals surface area contributed by atoms with Gasteiger partial charge in [-0.25, -0.2) is 4.39 Å². The van der Waals surface area contributed by atoms with E-state index < -0.39 is 34.7 Å². The molecule has 33 heavy (non-hydrogen) atoms. The predicted octanol–water partition coefficient (Wildman–Crippen LogP) is 5.50. The molecule has 2 aromatic rings. The highest BCUT2D eigenvalue weighted by Gasteiger charge is 2.73. The van der Waals surface area contributed by atoms with Crippen LogP contribution in [0.3, 0.4) is 0 Å². The number of hydrogen-bond donors (Lipinski definition) is 3. The third-order valence-corrected chi connectivity index (χ3v) is 8.57. The molecule has 1 aliphatic carbocycles. The monoisotopic (exact) mass is 490 g/mol. The zero-order chi connectivity index (χ0) is 23.8. The molecule has 1 amide bonds. The van der Waals surface area contributed by atoms with Crippen molar-refractivity contribution in [2.75, 3.05) is 5.32 Å². The van der Waals surface area contributed by atoms with E-state index in [-0.39, 0.29) is 21.9 Å². The molecule has 3 atom stereocenters. The topological polar surface area (TPSA) is 78.4 Å². The Labute approximate surface area is 201 Å². The molecule has 0 radical (unpaired) electrons. The molecule has 2 aliphatic heterocycles. The molecule has 2 spiro atoms. The normalized spacial score (nSPS) is 29.3. The molecule has 5 rings (SSSR count). The lowest BCUT2D eigenvalue weighted by Crippen LogP contribution is -2.61. The summed E-state index contributed by atoms with van der Waals surface area (Å²) in [5, 5.41) is 16.9. The Hall–Kier alpha value is -2.15. The van der Waals surface area contributed by atoms with Crippen molar-refractivity contribution in [2.45, 2.75) is 62.4 Å². The number of rotatable bonds is 2. The fourth-order valence-corrected chi connectivity index (χ4v) is 6.76. The van der Waals surface area contributed by atoms with Crippen LogP contribution in [0.5, 0.6) is 0 Å². The van der Waals surface area contributed by atoms with Crippen LogP contribution in [0.25, 0.3) is 0 Å². The van der Waals surface area contributed by atoms with Crippen molar-refractivity contribution in [2.24, 2.45) is 5.41 Å². The summed E-state index contributed by atoms with van der Waals surface area (Å²) in [4.78, 5) is 26.6. The average Bonchev–Trinajstić information content (AvgIpc) is 3.20. The van der Waals surface area contributed by atoms with Crippen LogP contribution in [0, 0.1) is 11.2 Å². The van der Waals surface area contributed by atoms with Gasteiger partial charge in [0.2, 0.25) is 5.91 Å². The van der Waals surface area contributed by atoms with E-state index in [0.717, 1.165) is 12.8 Å². The molecule has 3 aliphatic rings. The second-order valence-corrected chi connectivity index (χ2v) is 11.1. The fraction of sp³-hybridized carbons (Fsp3) is 0.440. The van der Waals surface area contributed by atoms with Gasteiger partial charge in [-0.2, -0.15) is 0 Å². The molecular weight excluding hydrogens is 466 g/mol. The summed E-state index contributed by atoms with van der Waals surface area (Å²) in [6, 6.07) is 8.53. The van der Waals surface area contributed by atoms with E-state index in [4.69, 9.17) is 23.2 Å². The summed E-state index contributed by atoms with van der Waals surface area (Å²) < 4.78 is 15.5. The zero-order valence-corrected chi connectivity index (χ0v) is 19.9. The maximum atomic E-state index is 15.5. The lowest BCUT2D eigenvalue weighted by molar-refractivity contribution is -0.139. The van der Waals surface area contributed by atoms with Crippen molar-refractivity contribution in [1.82, 2.24) is 5.32 Å². The lowest BCUT2D eigenvalue weighted by Gasteiger charge is -2.50. The van der Waals surface area contributed by atoms with E-state index >= 15 is 4.39 Å². The Bertz CT molecular complexity index is 1170. The third-order valence-electron chi connectivity index (χ3n) is 8.04. The standard InChI is InChI=1S/C25H25Cl2FN2O3/c1-23(2)8-10-24(11-9-23)25(15-7-6-13(26)12-17(15)29-22(25)33)18(20(30-24)21(31)32)14-4-3-5-16(27)19(14)28/h3-7,12,18,20,30H,8-11H2,1-2H3,(H,29,33)(H,31,32). The highest BCUT2D eigenvalue weighted by Crippen LogP contribution is 2.64.